The average molecular weight is 173 g/mol. The van der Waals surface area contributed by atoms with Crippen molar-refractivity contribution in [2.45, 2.75) is 31.7 Å². The van der Waals surface area contributed by atoms with Gasteiger partial charge in [-0.2, -0.15) is 8.78 Å². The SMILES string of the molecule is C[C@@]12CCCN1CC(=C(F)F)C2. The maximum absolute atomic E-state index is 12.3. The predicted molar refractivity (Wildman–Crippen MR) is 43.1 cm³/mol. The van der Waals surface area contributed by atoms with E-state index in [1.54, 1.807) is 0 Å². The second-order valence-electron chi connectivity index (χ2n) is 4.06. The molecule has 0 aromatic rings. The fourth-order valence-electron chi connectivity index (χ4n) is 2.42. The molecule has 3 heteroatoms. The summed E-state index contributed by atoms with van der Waals surface area (Å²) in [5.41, 5.74) is 0.413. The molecular formula is C9H13F2N. The topological polar surface area (TPSA) is 3.24 Å². The molecule has 0 amide bonds. The van der Waals surface area contributed by atoms with Crippen LogP contribution in [0.15, 0.2) is 11.7 Å². The molecule has 2 aliphatic rings. The Morgan fingerprint density at radius 1 is 1.50 bits per heavy atom. The highest BCUT2D eigenvalue weighted by molar-refractivity contribution is 5.19. The summed E-state index contributed by atoms with van der Waals surface area (Å²) in [4.78, 5) is 2.18. The molecule has 1 atom stereocenters. The highest BCUT2D eigenvalue weighted by Crippen LogP contribution is 2.41. The van der Waals surface area contributed by atoms with E-state index in [0.29, 0.717) is 18.5 Å². The number of fused-ring (bicyclic) bond motifs is 1. The van der Waals surface area contributed by atoms with Crippen LogP contribution in [0.4, 0.5) is 8.78 Å². The molecule has 12 heavy (non-hydrogen) atoms. The standard InChI is InChI=1S/C9H13F2N/c1-9-3-2-4-12(9)6-7(5-9)8(10)11/h2-6H2,1H3/t9-/m0/s1. The summed E-state index contributed by atoms with van der Waals surface area (Å²) < 4.78 is 24.5. The molecule has 2 rings (SSSR count). The molecule has 0 unspecified atom stereocenters. The number of hydrogen-bond donors (Lipinski definition) is 0. The van der Waals surface area contributed by atoms with Crippen molar-refractivity contribution >= 4 is 0 Å². The molecule has 0 N–H and O–H groups in total. The van der Waals surface area contributed by atoms with Gasteiger partial charge in [-0.3, -0.25) is 4.90 Å². The number of nitrogens with zero attached hydrogens (tertiary/aromatic N) is 1. The molecule has 2 saturated heterocycles. The number of hydrogen-bond acceptors (Lipinski definition) is 1. The zero-order valence-corrected chi connectivity index (χ0v) is 7.24. The van der Waals surface area contributed by atoms with Crippen molar-refractivity contribution in [1.29, 1.82) is 0 Å². The van der Waals surface area contributed by atoms with Crippen LogP contribution in [0.1, 0.15) is 26.2 Å². The van der Waals surface area contributed by atoms with Crippen molar-refractivity contribution in [3.8, 4) is 0 Å². The molecule has 0 spiro atoms. The lowest BCUT2D eigenvalue weighted by molar-refractivity contribution is 0.218. The summed E-state index contributed by atoms with van der Waals surface area (Å²) >= 11 is 0. The van der Waals surface area contributed by atoms with Gasteiger partial charge in [0.25, 0.3) is 6.08 Å². The molecule has 0 aromatic carbocycles. The number of halogens is 2. The Morgan fingerprint density at radius 2 is 2.25 bits per heavy atom. The molecule has 0 saturated carbocycles. The van der Waals surface area contributed by atoms with Gasteiger partial charge in [0.1, 0.15) is 0 Å². The Balaban J connectivity index is 2.22. The Bertz CT molecular complexity index is 233. The van der Waals surface area contributed by atoms with Crippen molar-refractivity contribution < 1.29 is 8.78 Å². The summed E-state index contributed by atoms with van der Waals surface area (Å²) in [5, 5.41) is 0. The van der Waals surface area contributed by atoms with Crippen LogP contribution in [-0.2, 0) is 0 Å². The van der Waals surface area contributed by atoms with Crippen LogP contribution in [0.25, 0.3) is 0 Å². The van der Waals surface area contributed by atoms with Crippen LogP contribution < -0.4 is 0 Å². The van der Waals surface area contributed by atoms with Gasteiger partial charge in [0, 0.05) is 17.7 Å². The fourth-order valence-corrected chi connectivity index (χ4v) is 2.42. The predicted octanol–water partition coefficient (Wildman–Crippen LogP) is 2.40. The second kappa shape index (κ2) is 2.52. The van der Waals surface area contributed by atoms with E-state index in [1.807, 2.05) is 0 Å². The highest BCUT2D eigenvalue weighted by atomic mass is 19.3. The first-order valence-corrected chi connectivity index (χ1v) is 4.40. The Kier molecular flexibility index (Phi) is 1.72. The van der Waals surface area contributed by atoms with Crippen molar-refractivity contribution in [1.82, 2.24) is 4.90 Å². The van der Waals surface area contributed by atoms with Gasteiger partial charge in [0.2, 0.25) is 0 Å². The van der Waals surface area contributed by atoms with E-state index < -0.39 is 6.08 Å². The minimum atomic E-state index is -1.45. The minimum Gasteiger partial charge on any atom is -0.293 e. The molecule has 1 nitrogen and oxygen atoms in total. The lowest BCUT2D eigenvalue weighted by Gasteiger charge is -2.25. The summed E-state index contributed by atoms with van der Waals surface area (Å²) in [7, 11) is 0. The smallest absolute Gasteiger partial charge is 0.270 e. The van der Waals surface area contributed by atoms with E-state index in [4.69, 9.17) is 0 Å². The van der Waals surface area contributed by atoms with E-state index in [2.05, 4.69) is 11.8 Å². The zero-order valence-electron chi connectivity index (χ0n) is 7.24. The monoisotopic (exact) mass is 173 g/mol. The van der Waals surface area contributed by atoms with Gasteiger partial charge in [0.15, 0.2) is 0 Å². The van der Waals surface area contributed by atoms with Crippen LogP contribution in [0.3, 0.4) is 0 Å². The van der Waals surface area contributed by atoms with Crippen molar-refractivity contribution in [2.24, 2.45) is 0 Å². The molecule has 0 radical (unpaired) electrons. The molecule has 2 aliphatic heterocycles. The van der Waals surface area contributed by atoms with Gasteiger partial charge in [-0.05, 0) is 32.7 Å². The fraction of sp³-hybridized carbons (Fsp3) is 0.778. The Hall–Kier alpha value is -0.440. The van der Waals surface area contributed by atoms with Crippen molar-refractivity contribution in [3.63, 3.8) is 0 Å². The summed E-state index contributed by atoms with van der Waals surface area (Å²) in [6, 6.07) is 0. The molecule has 0 aliphatic carbocycles. The van der Waals surface area contributed by atoms with Crippen molar-refractivity contribution in [3.05, 3.63) is 11.7 Å². The van der Waals surface area contributed by atoms with E-state index in [1.165, 1.54) is 0 Å². The van der Waals surface area contributed by atoms with Gasteiger partial charge < -0.3 is 0 Å². The van der Waals surface area contributed by atoms with Crippen LogP contribution in [0.2, 0.25) is 0 Å². The third-order valence-corrected chi connectivity index (χ3v) is 3.15. The highest BCUT2D eigenvalue weighted by Gasteiger charge is 2.43. The van der Waals surface area contributed by atoms with E-state index in [9.17, 15) is 8.78 Å². The van der Waals surface area contributed by atoms with Crippen LogP contribution in [0.5, 0.6) is 0 Å². The molecule has 2 heterocycles. The van der Waals surface area contributed by atoms with Gasteiger partial charge in [-0.25, -0.2) is 0 Å². The lowest BCUT2D eigenvalue weighted by atomic mass is 9.95. The largest absolute Gasteiger partial charge is 0.293 e. The van der Waals surface area contributed by atoms with Crippen LogP contribution in [-0.4, -0.2) is 23.5 Å². The third-order valence-electron chi connectivity index (χ3n) is 3.15. The summed E-state index contributed by atoms with van der Waals surface area (Å²) in [6.45, 7) is 3.59. The first-order chi connectivity index (χ1) is 5.62. The molecule has 2 fully saturated rings. The maximum atomic E-state index is 12.3. The molecule has 68 valence electrons. The van der Waals surface area contributed by atoms with Gasteiger partial charge in [-0.1, -0.05) is 0 Å². The van der Waals surface area contributed by atoms with E-state index >= 15 is 0 Å². The maximum Gasteiger partial charge on any atom is 0.270 e. The Labute approximate surface area is 71.0 Å². The number of rotatable bonds is 0. The zero-order chi connectivity index (χ0) is 8.77. The quantitative estimate of drug-likeness (QED) is 0.543. The lowest BCUT2D eigenvalue weighted by Crippen LogP contribution is -2.34. The first kappa shape index (κ1) is 8.17. The van der Waals surface area contributed by atoms with Gasteiger partial charge in [-0.15, -0.1) is 0 Å². The molecule has 0 aromatic heterocycles. The van der Waals surface area contributed by atoms with Gasteiger partial charge in [0.05, 0.1) is 0 Å². The second-order valence-corrected chi connectivity index (χ2v) is 4.06. The van der Waals surface area contributed by atoms with Gasteiger partial charge >= 0.3 is 0 Å². The van der Waals surface area contributed by atoms with Crippen molar-refractivity contribution in [2.75, 3.05) is 13.1 Å². The molecular weight excluding hydrogens is 160 g/mol. The Morgan fingerprint density at radius 3 is 2.83 bits per heavy atom. The first-order valence-electron chi connectivity index (χ1n) is 4.40. The molecule has 0 bridgehead atoms. The minimum absolute atomic E-state index is 0.0543. The van der Waals surface area contributed by atoms with E-state index in [0.717, 1.165) is 19.4 Å². The summed E-state index contributed by atoms with van der Waals surface area (Å²) in [6.07, 6.45) is 1.36. The normalized spacial score (nSPS) is 35.8. The van der Waals surface area contributed by atoms with Crippen LogP contribution in [0, 0.1) is 0 Å². The third kappa shape index (κ3) is 1.07. The summed E-state index contributed by atoms with van der Waals surface area (Å²) in [5.74, 6) is 0. The van der Waals surface area contributed by atoms with E-state index in [-0.39, 0.29) is 5.54 Å². The van der Waals surface area contributed by atoms with Crippen LogP contribution >= 0.6 is 0 Å². The average Bonchev–Trinajstić information content (AvgIpc) is 2.41.